The van der Waals surface area contributed by atoms with Crippen LogP contribution in [0.3, 0.4) is 0 Å². The molecular weight excluding hydrogens is 510 g/mol. The summed E-state index contributed by atoms with van der Waals surface area (Å²) in [7, 11) is 5.62. The third-order valence-corrected chi connectivity index (χ3v) is 6.92. The number of aryl methyl sites for hydroxylation is 2. The maximum absolute atomic E-state index is 13.3. The van der Waals surface area contributed by atoms with Crippen LogP contribution in [0.2, 0.25) is 0 Å². The summed E-state index contributed by atoms with van der Waals surface area (Å²) < 4.78 is 14.8. The average molecular weight is 546 g/mol. The molecule has 0 N–H and O–H groups in total. The van der Waals surface area contributed by atoms with Gasteiger partial charge in [-0.1, -0.05) is 13.8 Å². The normalized spacial score (nSPS) is 14.1. The lowest BCUT2D eigenvalue weighted by atomic mass is 10.1. The van der Waals surface area contributed by atoms with Gasteiger partial charge in [-0.15, -0.1) is 0 Å². The van der Waals surface area contributed by atoms with Crippen LogP contribution in [0.4, 0.5) is 5.82 Å². The smallest absolute Gasteiger partial charge is 0.348 e. The van der Waals surface area contributed by atoms with Crippen molar-refractivity contribution in [1.29, 1.82) is 0 Å². The van der Waals surface area contributed by atoms with Crippen molar-refractivity contribution < 1.29 is 9.15 Å². The molecule has 6 rings (SSSR count). The highest BCUT2D eigenvalue weighted by molar-refractivity contribution is 6.06. The van der Waals surface area contributed by atoms with Crippen molar-refractivity contribution in [2.45, 2.75) is 26.8 Å². The molecule has 6 heterocycles. The Kier molecular flexibility index (Phi) is 8.17. The number of furan rings is 1. The number of methoxy groups -OCH3 is 1. The number of fused-ring (bicyclic) bond motifs is 3. The van der Waals surface area contributed by atoms with E-state index in [4.69, 9.17) is 9.15 Å². The molecule has 1 saturated heterocycles. The number of piperazine rings is 1. The summed E-state index contributed by atoms with van der Waals surface area (Å²) in [6, 6.07) is 1.98. The summed E-state index contributed by atoms with van der Waals surface area (Å²) in [4.78, 5) is 36.1. The van der Waals surface area contributed by atoms with Crippen LogP contribution < -0.4 is 10.6 Å². The minimum absolute atomic E-state index is 0.353. The molecule has 0 atom stereocenters. The second-order valence-electron chi connectivity index (χ2n) is 9.55. The highest BCUT2D eigenvalue weighted by atomic mass is 16.5. The Bertz CT molecular complexity index is 1650. The standard InChI is InChI=1S/C26H29N9O3.C2H6/c1-32-6-8-34(9-7-32)21-15-27-20(14-28-21)22-24-23(35(26(36)31-22)5-4-10-37-3)19-11-17(12-29-25(19)38-24)18-13-30-33(2)16-18;1-2/h11-16H,4-10H2,1-3H3;1-2H3. The minimum Gasteiger partial charge on any atom is -0.434 e. The van der Waals surface area contributed by atoms with Crippen LogP contribution in [-0.2, 0) is 18.3 Å². The molecule has 0 aromatic carbocycles. The maximum Gasteiger partial charge on any atom is 0.348 e. The van der Waals surface area contributed by atoms with Gasteiger partial charge in [-0.25, -0.2) is 19.7 Å². The SMILES string of the molecule is CC.COCCCn1c(=O)nc(-c2cnc(N3CCN(C)CC3)cn2)c2oc3ncc(-c4cnn(C)c4)cc3c21. The zero-order valence-corrected chi connectivity index (χ0v) is 23.7. The van der Waals surface area contributed by atoms with E-state index in [0.717, 1.165) is 48.5 Å². The Morgan fingerprint density at radius 3 is 2.45 bits per heavy atom. The summed E-state index contributed by atoms with van der Waals surface area (Å²) in [5.74, 6) is 0.804. The Morgan fingerprint density at radius 2 is 1.77 bits per heavy atom. The largest absolute Gasteiger partial charge is 0.434 e. The van der Waals surface area contributed by atoms with Gasteiger partial charge < -0.3 is 19.0 Å². The van der Waals surface area contributed by atoms with Crippen LogP contribution in [0.5, 0.6) is 0 Å². The van der Waals surface area contributed by atoms with E-state index >= 15 is 0 Å². The molecule has 0 bridgehead atoms. The van der Waals surface area contributed by atoms with E-state index in [-0.39, 0.29) is 5.69 Å². The molecule has 210 valence electrons. The fourth-order valence-corrected chi connectivity index (χ4v) is 4.82. The predicted octanol–water partition coefficient (Wildman–Crippen LogP) is 3.21. The lowest BCUT2D eigenvalue weighted by Crippen LogP contribution is -2.44. The van der Waals surface area contributed by atoms with E-state index in [9.17, 15) is 4.79 Å². The molecule has 0 spiro atoms. The van der Waals surface area contributed by atoms with Gasteiger partial charge in [0.2, 0.25) is 5.71 Å². The molecule has 0 saturated carbocycles. The molecule has 12 nitrogen and oxygen atoms in total. The first-order valence-electron chi connectivity index (χ1n) is 13.6. The molecule has 1 fully saturated rings. The number of aromatic nitrogens is 7. The van der Waals surface area contributed by atoms with Crippen LogP contribution in [0, 0.1) is 0 Å². The predicted molar refractivity (Wildman–Crippen MR) is 154 cm³/mol. The number of hydrogen-bond acceptors (Lipinski definition) is 10. The monoisotopic (exact) mass is 545 g/mol. The Balaban J connectivity index is 0.00000158. The van der Waals surface area contributed by atoms with Crippen LogP contribution in [0.15, 0.2) is 46.3 Å². The van der Waals surface area contributed by atoms with E-state index in [1.807, 2.05) is 33.2 Å². The van der Waals surface area contributed by atoms with Crippen molar-refractivity contribution in [2.75, 3.05) is 51.8 Å². The molecule has 0 unspecified atom stereocenters. The second kappa shape index (κ2) is 11.9. The van der Waals surface area contributed by atoms with Gasteiger partial charge in [0.25, 0.3) is 0 Å². The van der Waals surface area contributed by atoms with Crippen LogP contribution in [0.25, 0.3) is 44.7 Å². The van der Waals surface area contributed by atoms with Crippen LogP contribution in [-0.4, -0.2) is 86.1 Å². The topological polar surface area (TPSA) is 120 Å². The number of nitrogens with zero attached hydrogens (tertiary/aromatic N) is 9. The van der Waals surface area contributed by atoms with Crippen molar-refractivity contribution in [3.63, 3.8) is 0 Å². The average Bonchev–Trinajstić information content (AvgIpc) is 3.59. The van der Waals surface area contributed by atoms with Gasteiger partial charge in [-0.05, 0) is 19.5 Å². The second-order valence-corrected chi connectivity index (χ2v) is 9.55. The first-order chi connectivity index (χ1) is 19.5. The molecule has 1 aliphatic rings. The lowest BCUT2D eigenvalue weighted by molar-refractivity contribution is 0.190. The first-order valence-corrected chi connectivity index (χ1v) is 13.6. The van der Waals surface area contributed by atoms with Gasteiger partial charge in [-0.2, -0.15) is 10.1 Å². The third kappa shape index (κ3) is 5.32. The number of anilines is 1. The maximum atomic E-state index is 13.3. The Labute approximate surface area is 232 Å². The van der Waals surface area contributed by atoms with Gasteiger partial charge in [0.1, 0.15) is 22.7 Å². The van der Waals surface area contributed by atoms with Gasteiger partial charge in [-0.3, -0.25) is 9.25 Å². The van der Waals surface area contributed by atoms with Crippen LogP contribution in [0.1, 0.15) is 20.3 Å². The third-order valence-electron chi connectivity index (χ3n) is 6.92. The number of hydrogen-bond donors (Lipinski definition) is 0. The molecule has 12 heteroatoms. The first kappa shape index (κ1) is 27.4. The summed E-state index contributed by atoms with van der Waals surface area (Å²) in [6.07, 6.45) is 9.48. The van der Waals surface area contributed by atoms with Crippen molar-refractivity contribution in [3.05, 3.63) is 47.5 Å². The fraction of sp³-hybridized carbons (Fsp3) is 0.429. The van der Waals surface area contributed by atoms with Crippen molar-refractivity contribution in [1.82, 2.24) is 39.2 Å². The molecular formula is C28H35N9O3. The summed E-state index contributed by atoms with van der Waals surface area (Å²) in [5, 5.41) is 4.99. The molecule has 0 aliphatic carbocycles. The van der Waals surface area contributed by atoms with Crippen molar-refractivity contribution >= 4 is 28.0 Å². The number of rotatable bonds is 7. The quantitative estimate of drug-likeness (QED) is 0.282. The highest BCUT2D eigenvalue weighted by Gasteiger charge is 2.22. The van der Waals surface area contributed by atoms with Crippen molar-refractivity contribution in [3.8, 4) is 22.5 Å². The minimum atomic E-state index is -0.386. The molecule has 40 heavy (non-hydrogen) atoms. The van der Waals surface area contributed by atoms with E-state index in [0.29, 0.717) is 47.8 Å². The zero-order valence-electron chi connectivity index (χ0n) is 23.7. The van der Waals surface area contributed by atoms with Gasteiger partial charge in [0.15, 0.2) is 5.58 Å². The highest BCUT2D eigenvalue weighted by Crippen LogP contribution is 2.34. The lowest BCUT2D eigenvalue weighted by Gasteiger charge is -2.32. The number of pyridine rings is 1. The van der Waals surface area contributed by atoms with Gasteiger partial charge in [0.05, 0.1) is 24.0 Å². The van der Waals surface area contributed by atoms with E-state index < -0.39 is 0 Å². The fourth-order valence-electron chi connectivity index (χ4n) is 4.82. The summed E-state index contributed by atoms with van der Waals surface area (Å²) in [6.45, 7) is 8.66. The van der Waals surface area contributed by atoms with Crippen molar-refractivity contribution in [2.24, 2.45) is 7.05 Å². The molecule has 5 aromatic rings. The van der Waals surface area contributed by atoms with Gasteiger partial charge in [0, 0.05) is 77.0 Å². The Hall–Kier alpha value is -4.16. The number of ether oxygens (including phenoxy) is 1. The Morgan fingerprint density at radius 1 is 0.975 bits per heavy atom. The molecule has 1 aliphatic heterocycles. The molecule has 5 aromatic heterocycles. The van der Waals surface area contributed by atoms with Crippen LogP contribution >= 0.6 is 0 Å². The van der Waals surface area contributed by atoms with E-state index in [1.54, 1.807) is 41.1 Å². The molecule has 0 radical (unpaired) electrons. The molecule has 0 amide bonds. The van der Waals surface area contributed by atoms with Gasteiger partial charge >= 0.3 is 5.69 Å². The number of likely N-dealkylation sites (N-methyl/N-ethyl adjacent to an activating group) is 1. The van der Waals surface area contributed by atoms with E-state index in [2.05, 4.69) is 41.9 Å². The summed E-state index contributed by atoms with van der Waals surface area (Å²) >= 11 is 0. The summed E-state index contributed by atoms with van der Waals surface area (Å²) in [5.41, 5.74) is 3.74. The zero-order chi connectivity index (χ0) is 28.2. The van der Waals surface area contributed by atoms with E-state index in [1.165, 1.54) is 0 Å².